The van der Waals surface area contributed by atoms with Crippen molar-refractivity contribution >= 4 is 5.91 Å². The molecule has 0 radical (unpaired) electrons. The van der Waals surface area contributed by atoms with Gasteiger partial charge in [-0.1, -0.05) is 19.3 Å². The van der Waals surface area contributed by atoms with Gasteiger partial charge in [-0.05, 0) is 31.4 Å². The zero-order valence-corrected chi connectivity index (χ0v) is 11.7. The SMILES string of the molecule is O=C(NCCCOC1CCCCC1)c1ccc[nH]c1=O. The zero-order chi connectivity index (χ0) is 14.2. The molecular formula is C15H22N2O3. The fraction of sp³-hybridized carbons (Fsp3) is 0.600. The maximum absolute atomic E-state index is 11.8. The fourth-order valence-corrected chi connectivity index (χ4v) is 2.45. The molecule has 0 bridgehead atoms. The second-order valence-corrected chi connectivity index (χ2v) is 5.15. The molecule has 110 valence electrons. The van der Waals surface area contributed by atoms with Gasteiger partial charge in [0.2, 0.25) is 0 Å². The van der Waals surface area contributed by atoms with Crippen LogP contribution >= 0.6 is 0 Å². The Kier molecular flexibility index (Phi) is 5.80. The van der Waals surface area contributed by atoms with Crippen LogP contribution < -0.4 is 10.9 Å². The fourth-order valence-electron chi connectivity index (χ4n) is 2.45. The Morgan fingerprint density at radius 1 is 1.35 bits per heavy atom. The number of H-pyrrole nitrogens is 1. The molecule has 1 fully saturated rings. The second-order valence-electron chi connectivity index (χ2n) is 5.15. The molecular weight excluding hydrogens is 256 g/mol. The molecule has 0 saturated heterocycles. The van der Waals surface area contributed by atoms with Crippen molar-refractivity contribution in [3.63, 3.8) is 0 Å². The van der Waals surface area contributed by atoms with Crippen molar-refractivity contribution in [2.24, 2.45) is 0 Å². The van der Waals surface area contributed by atoms with Gasteiger partial charge in [0.25, 0.3) is 11.5 Å². The molecule has 0 atom stereocenters. The highest BCUT2D eigenvalue weighted by Crippen LogP contribution is 2.20. The third-order valence-electron chi connectivity index (χ3n) is 3.58. The Hall–Kier alpha value is -1.62. The Morgan fingerprint density at radius 3 is 2.90 bits per heavy atom. The standard InChI is InChI=1S/C15H22N2O3/c18-14-13(8-4-9-16-14)15(19)17-10-5-11-20-12-6-2-1-3-7-12/h4,8-9,12H,1-3,5-7,10-11H2,(H,16,18)(H,17,19). The minimum absolute atomic E-state index is 0.153. The number of nitrogens with one attached hydrogen (secondary N) is 2. The molecule has 20 heavy (non-hydrogen) atoms. The first-order valence-electron chi connectivity index (χ1n) is 7.35. The zero-order valence-electron chi connectivity index (χ0n) is 11.7. The average Bonchev–Trinajstić information content (AvgIpc) is 2.48. The summed E-state index contributed by atoms with van der Waals surface area (Å²) in [7, 11) is 0. The van der Waals surface area contributed by atoms with Crippen LogP contribution in [0.4, 0.5) is 0 Å². The Labute approximate surface area is 118 Å². The molecule has 1 amide bonds. The van der Waals surface area contributed by atoms with Crippen molar-refractivity contribution in [3.05, 3.63) is 34.2 Å². The maximum atomic E-state index is 11.8. The van der Waals surface area contributed by atoms with Crippen LogP contribution in [-0.2, 0) is 4.74 Å². The molecule has 1 aliphatic rings. The smallest absolute Gasteiger partial charge is 0.260 e. The van der Waals surface area contributed by atoms with Crippen LogP contribution in [0.1, 0.15) is 48.9 Å². The highest BCUT2D eigenvalue weighted by Gasteiger charge is 2.13. The van der Waals surface area contributed by atoms with Gasteiger partial charge in [-0.3, -0.25) is 9.59 Å². The largest absolute Gasteiger partial charge is 0.378 e. The summed E-state index contributed by atoms with van der Waals surface area (Å²) in [4.78, 5) is 25.7. The predicted molar refractivity (Wildman–Crippen MR) is 76.8 cm³/mol. The number of carbonyl (C=O) groups excluding carboxylic acids is 1. The third-order valence-corrected chi connectivity index (χ3v) is 3.58. The van der Waals surface area contributed by atoms with Crippen LogP contribution in [0.15, 0.2) is 23.1 Å². The molecule has 1 aromatic rings. The minimum Gasteiger partial charge on any atom is -0.378 e. The molecule has 1 heterocycles. The van der Waals surface area contributed by atoms with E-state index in [1.54, 1.807) is 6.07 Å². The number of pyridine rings is 1. The number of aromatic nitrogens is 1. The minimum atomic E-state index is -0.358. The molecule has 0 spiro atoms. The van der Waals surface area contributed by atoms with Gasteiger partial charge in [0, 0.05) is 19.3 Å². The topological polar surface area (TPSA) is 71.2 Å². The number of ether oxygens (including phenoxy) is 1. The van der Waals surface area contributed by atoms with E-state index in [0.717, 1.165) is 19.3 Å². The van der Waals surface area contributed by atoms with Crippen LogP contribution in [-0.4, -0.2) is 30.1 Å². The molecule has 5 nitrogen and oxygen atoms in total. The van der Waals surface area contributed by atoms with E-state index < -0.39 is 0 Å². The predicted octanol–water partition coefficient (Wildman–Crippen LogP) is 1.84. The summed E-state index contributed by atoms with van der Waals surface area (Å²) in [5.74, 6) is -0.329. The van der Waals surface area contributed by atoms with Gasteiger partial charge >= 0.3 is 0 Å². The number of rotatable bonds is 6. The molecule has 1 aromatic heterocycles. The monoisotopic (exact) mass is 278 g/mol. The molecule has 2 rings (SSSR count). The molecule has 0 unspecified atom stereocenters. The van der Waals surface area contributed by atoms with Crippen molar-refractivity contribution in [3.8, 4) is 0 Å². The van der Waals surface area contributed by atoms with Gasteiger partial charge in [0.1, 0.15) is 5.56 Å². The molecule has 1 aliphatic carbocycles. The summed E-state index contributed by atoms with van der Waals surface area (Å²) in [5, 5.41) is 2.74. The molecule has 2 N–H and O–H groups in total. The summed E-state index contributed by atoms with van der Waals surface area (Å²) >= 11 is 0. The third kappa shape index (κ3) is 4.49. The van der Waals surface area contributed by atoms with Gasteiger partial charge < -0.3 is 15.0 Å². The van der Waals surface area contributed by atoms with E-state index in [0.29, 0.717) is 19.3 Å². The average molecular weight is 278 g/mol. The van der Waals surface area contributed by atoms with Crippen LogP contribution in [0.2, 0.25) is 0 Å². The van der Waals surface area contributed by atoms with Crippen LogP contribution in [0, 0.1) is 0 Å². The van der Waals surface area contributed by atoms with Crippen molar-refractivity contribution in [1.82, 2.24) is 10.3 Å². The number of hydrogen-bond acceptors (Lipinski definition) is 3. The van der Waals surface area contributed by atoms with Crippen molar-refractivity contribution in [2.45, 2.75) is 44.6 Å². The van der Waals surface area contributed by atoms with E-state index >= 15 is 0 Å². The number of carbonyl (C=O) groups is 1. The first kappa shape index (κ1) is 14.8. The van der Waals surface area contributed by atoms with Crippen molar-refractivity contribution in [2.75, 3.05) is 13.2 Å². The lowest BCUT2D eigenvalue weighted by atomic mass is 9.98. The number of aromatic amines is 1. The van der Waals surface area contributed by atoms with E-state index in [9.17, 15) is 9.59 Å². The lowest BCUT2D eigenvalue weighted by Crippen LogP contribution is -2.30. The summed E-state index contributed by atoms with van der Waals surface area (Å²) in [6, 6.07) is 3.16. The molecule has 1 saturated carbocycles. The van der Waals surface area contributed by atoms with E-state index in [2.05, 4.69) is 10.3 Å². The summed E-state index contributed by atoms with van der Waals surface area (Å²) in [5.41, 5.74) is -0.204. The highest BCUT2D eigenvalue weighted by molar-refractivity contribution is 5.93. The number of hydrogen-bond donors (Lipinski definition) is 2. The normalized spacial score (nSPS) is 16.0. The summed E-state index contributed by atoms with van der Waals surface area (Å²) in [6.07, 6.45) is 8.84. The maximum Gasteiger partial charge on any atom is 0.260 e. The molecule has 0 aliphatic heterocycles. The van der Waals surface area contributed by atoms with Gasteiger partial charge in [0.15, 0.2) is 0 Å². The van der Waals surface area contributed by atoms with Gasteiger partial charge in [0.05, 0.1) is 6.10 Å². The van der Waals surface area contributed by atoms with Crippen LogP contribution in [0.3, 0.4) is 0 Å². The Balaban J connectivity index is 1.62. The Morgan fingerprint density at radius 2 is 2.15 bits per heavy atom. The van der Waals surface area contributed by atoms with Crippen LogP contribution in [0.25, 0.3) is 0 Å². The summed E-state index contributed by atoms with van der Waals surface area (Å²) in [6.45, 7) is 1.19. The van der Waals surface area contributed by atoms with Crippen LogP contribution in [0.5, 0.6) is 0 Å². The Bertz CT molecular complexity index is 478. The first-order chi connectivity index (χ1) is 9.77. The highest BCUT2D eigenvalue weighted by atomic mass is 16.5. The van der Waals surface area contributed by atoms with Gasteiger partial charge in [-0.15, -0.1) is 0 Å². The van der Waals surface area contributed by atoms with E-state index in [4.69, 9.17) is 4.74 Å². The number of amides is 1. The second kappa shape index (κ2) is 7.85. The lowest BCUT2D eigenvalue weighted by molar-refractivity contribution is 0.0273. The quantitative estimate of drug-likeness (QED) is 0.780. The van der Waals surface area contributed by atoms with Crippen molar-refractivity contribution in [1.29, 1.82) is 0 Å². The molecule has 5 heteroatoms. The molecule has 0 aromatic carbocycles. The van der Waals surface area contributed by atoms with E-state index in [-0.39, 0.29) is 17.0 Å². The summed E-state index contributed by atoms with van der Waals surface area (Å²) < 4.78 is 5.77. The first-order valence-corrected chi connectivity index (χ1v) is 7.35. The van der Waals surface area contributed by atoms with E-state index in [1.165, 1.54) is 31.5 Å². The van der Waals surface area contributed by atoms with E-state index in [1.807, 2.05) is 0 Å². The van der Waals surface area contributed by atoms with Gasteiger partial charge in [-0.25, -0.2) is 0 Å². The van der Waals surface area contributed by atoms with Crippen molar-refractivity contribution < 1.29 is 9.53 Å². The van der Waals surface area contributed by atoms with Gasteiger partial charge in [-0.2, -0.15) is 0 Å². The lowest BCUT2D eigenvalue weighted by Gasteiger charge is -2.21.